The number of aryl methyl sites for hydroxylation is 4. The maximum Gasteiger partial charge on any atom is 0.234 e. The van der Waals surface area contributed by atoms with Crippen LogP contribution in [-0.2, 0) is 0 Å². The van der Waals surface area contributed by atoms with Crippen molar-refractivity contribution in [2.24, 2.45) is 0 Å². The number of pyridine rings is 5. The summed E-state index contributed by atoms with van der Waals surface area (Å²) < 4.78 is 2.35. The highest BCUT2D eigenvalue weighted by atomic mass is 16.1. The van der Waals surface area contributed by atoms with E-state index in [4.69, 9.17) is 9.97 Å². The van der Waals surface area contributed by atoms with Gasteiger partial charge in [-0.3, -0.25) is 4.79 Å². The summed E-state index contributed by atoms with van der Waals surface area (Å²) in [7, 11) is 0. The third kappa shape index (κ3) is 3.56. The molecular weight excluding hydrogens is 623 g/mol. The molecule has 11 aromatic rings. The molecular formula is C47H31N3O. The molecule has 0 fully saturated rings. The van der Waals surface area contributed by atoms with Crippen molar-refractivity contribution in [1.82, 2.24) is 14.4 Å². The quantitative estimate of drug-likeness (QED) is 0.141. The number of hydrogen-bond acceptors (Lipinski definition) is 3. The van der Waals surface area contributed by atoms with E-state index in [9.17, 15) is 0 Å². The van der Waals surface area contributed by atoms with Crippen LogP contribution >= 0.6 is 0 Å². The van der Waals surface area contributed by atoms with Gasteiger partial charge in [0.25, 0.3) is 0 Å². The van der Waals surface area contributed by atoms with E-state index in [1.54, 1.807) is 0 Å². The van der Waals surface area contributed by atoms with E-state index < -0.39 is 0 Å². The molecule has 0 bridgehead atoms. The van der Waals surface area contributed by atoms with E-state index in [1.807, 2.05) is 0 Å². The summed E-state index contributed by atoms with van der Waals surface area (Å²) in [5.41, 5.74) is 14.3. The molecule has 51 heavy (non-hydrogen) atoms. The van der Waals surface area contributed by atoms with Gasteiger partial charge in [0, 0.05) is 43.4 Å². The number of hydrogen-bond donors (Lipinski definition) is 0. The standard InChI is InChI=1S/C47H31N3O/c1-24-12-8-13-25(2)36(24)40-32-20-10-18-30-34-22-29(28-16-6-5-7-17-28)23-35-31-19-11-21-33-39(31)46-43(49-41(33)37-26(3)14-9-15-27(37)4)47(51)42(48-40)45(38(30)32)50(46)44(34)35/h5-23H,1-4H3. The average molecular weight is 654 g/mol. The SMILES string of the molecule is Cc1cccc(C)c1-c1nc2c(=O)c3nc(-c4c(C)cccc4C)c4cccc5c6cc(-c7ccccc7)cc7c8cccc1c8c2n(c76)c3c45. The zero-order valence-corrected chi connectivity index (χ0v) is 28.7. The molecule has 0 amide bonds. The summed E-state index contributed by atoms with van der Waals surface area (Å²) >= 11 is 0. The summed E-state index contributed by atoms with van der Waals surface area (Å²) in [6, 6.07) is 41.1. The summed E-state index contributed by atoms with van der Waals surface area (Å²) in [5, 5.41) is 8.77. The highest BCUT2D eigenvalue weighted by molar-refractivity contribution is 6.35. The topological polar surface area (TPSA) is 47.3 Å². The monoisotopic (exact) mass is 653 g/mol. The van der Waals surface area contributed by atoms with E-state index >= 15 is 4.79 Å². The Kier molecular flexibility index (Phi) is 5.50. The summed E-state index contributed by atoms with van der Waals surface area (Å²) in [4.78, 5) is 26.0. The third-order valence-electron chi connectivity index (χ3n) is 11.3. The second kappa shape index (κ2) is 9.86. The molecule has 0 aliphatic heterocycles. The Labute approximate surface area is 293 Å². The predicted octanol–water partition coefficient (Wildman–Crippen LogP) is 11.6. The predicted molar refractivity (Wildman–Crippen MR) is 213 cm³/mol. The molecule has 5 aromatic heterocycles. The molecule has 5 heterocycles. The van der Waals surface area contributed by atoms with Gasteiger partial charge < -0.3 is 4.40 Å². The molecule has 0 spiro atoms. The maximum atomic E-state index is 15.2. The maximum absolute atomic E-state index is 15.2. The zero-order chi connectivity index (χ0) is 34.3. The van der Waals surface area contributed by atoms with Crippen LogP contribution in [0.3, 0.4) is 0 Å². The van der Waals surface area contributed by atoms with Gasteiger partial charge in [-0.25, -0.2) is 9.97 Å². The van der Waals surface area contributed by atoms with Gasteiger partial charge in [0.15, 0.2) is 0 Å². The van der Waals surface area contributed by atoms with Crippen molar-refractivity contribution in [3.05, 3.63) is 148 Å². The van der Waals surface area contributed by atoms with Crippen LogP contribution < -0.4 is 5.43 Å². The molecule has 0 radical (unpaired) electrons. The van der Waals surface area contributed by atoms with Crippen LogP contribution in [0.15, 0.2) is 120 Å². The van der Waals surface area contributed by atoms with Crippen LogP contribution in [0.1, 0.15) is 22.3 Å². The Bertz CT molecular complexity index is 3070. The van der Waals surface area contributed by atoms with Crippen LogP contribution in [0, 0.1) is 27.7 Å². The first-order valence-electron chi connectivity index (χ1n) is 17.6. The highest BCUT2D eigenvalue weighted by Crippen LogP contribution is 2.48. The van der Waals surface area contributed by atoms with E-state index in [-0.39, 0.29) is 5.43 Å². The van der Waals surface area contributed by atoms with Gasteiger partial charge in [-0.15, -0.1) is 0 Å². The van der Waals surface area contributed by atoms with Crippen molar-refractivity contribution in [2.75, 3.05) is 0 Å². The van der Waals surface area contributed by atoms with Gasteiger partial charge >= 0.3 is 0 Å². The van der Waals surface area contributed by atoms with E-state index in [1.165, 1.54) is 5.56 Å². The van der Waals surface area contributed by atoms with Crippen LogP contribution in [-0.4, -0.2) is 14.4 Å². The lowest BCUT2D eigenvalue weighted by atomic mass is 9.88. The summed E-state index contributed by atoms with van der Waals surface area (Å²) in [5.74, 6) is 0. The number of aromatic nitrogens is 3. The van der Waals surface area contributed by atoms with Crippen molar-refractivity contribution in [3.8, 4) is 33.6 Å². The zero-order valence-electron chi connectivity index (χ0n) is 28.7. The van der Waals surface area contributed by atoms with Gasteiger partial charge in [0.05, 0.1) is 27.9 Å². The average Bonchev–Trinajstić information content (AvgIpc) is 3.14. The number of rotatable bonds is 3. The molecule has 0 saturated heterocycles. The van der Waals surface area contributed by atoms with Gasteiger partial charge in [-0.05, 0) is 84.0 Å². The Morgan fingerprint density at radius 1 is 0.431 bits per heavy atom. The van der Waals surface area contributed by atoms with Crippen molar-refractivity contribution in [1.29, 1.82) is 0 Å². The molecule has 0 unspecified atom stereocenters. The second-order valence-electron chi connectivity index (χ2n) is 14.3. The van der Waals surface area contributed by atoms with Gasteiger partial charge in [-0.1, -0.05) is 103 Å². The van der Waals surface area contributed by atoms with Crippen LogP contribution in [0.2, 0.25) is 0 Å². The normalized spacial score (nSPS) is 12.4. The van der Waals surface area contributed by atoms with Crippen molar-refractivity contribution in [3.63, 3.8) is 0 Å². The Morgan fingerprint density at radius 2 is 0.863 bits per heavy atom. The summed E-state index contributed by atoms with van der Waals surface area (Å²) in [6.45, 7) is 8.53. The lowest BCUT2D eigenvalue weighted by molar-refractivity contribution is 1.26. The Balaban J connectivity index is 1.48. The smallest absolute Gasteiger partial charge is 0.234 e. The minimum atomic E-state index is -0.127. The minimum Gasteiger partial charge on any atom is -0.303 e. The van der Waals surface area contributed by atoms with Crippen molar-refractivity contribution >= 4 is 70.7 Å². The van der Waals surface area contributed by atoms with Crippen LogP contribution in [0.4, 0.5) is 0 Å². The Hall–Kier alpha value is -6.39. The number of benzene rings is 6. The molecule has 0 aliphatic rings. The van der Waals surface area contributed by atoms with Gasteiger partial charge in [0.2, 0.25) is 5.43 Å². The molecule has 240 valence electrons. The molecule has 4 nitrogen and oxygen atoms in total. The fourth-order valence-electron chi connectivity index (χ4n) is 9.19. The van der Waals surface area contributed by atoms with Crippen LogP contribution in [0.5, 0.6) is 0 Å². The second-order valence-corrected chi connectivity index (χ2v) is 14.3. The number of fused-ring (bicyclic) bond motifs is 2. The van der Waals surface area contributed by atoms with E-state index in [0.717, 1.165) is 110 Å². The van der Waals surface area contributed by atoms with Gasteiger partial charge in [-0.2, -0.15) is 0 Å². The highest BCUT2D eigenvalue weighted by Gasteiger charge is 2.29. The molecule has 0 saturated carbocycles. The van der Waals surface area contributed by atoms with E-state index in [2.05, 4.69) is 147 Å². The lowest BCUT2D eigenvalue weighted by Crippen LogP contribution is -2.15. The van der Waals surface area contributed by atoms with Crippen molar-refractivity contribution < 1.29 is 0 Å². The molecule has 4 heteroatoms. The van der Waals surface area contributed by atoms with Gasteiger partial charge in [0.1, 0.15) is 11.0 Å². The van der Waals surface area contributed by atoms with E-state index in [0.29, 0.717) is 11.0 Å². The van der Waals surface area contributed by atoms with Crippen molar-refractivity contribution in [2.45, 2.75) is 27.7 Å². The molecule has 0 atom stereocenters. The minimum absolute atomic E-state index is 0.127. The molecule has 0 N–H and O–H groups in total. The first-order chi connectivity index (χ1) is 24.9. The largest absolute Gasteiger partial charge is 0.303 e. The summed E-state index contributed by atoms with van der Waals surface area (Å²) in [6.07, 6.45) is 0. The molecule has 6 aromatic carbocycles. The third-order valence-corrected chi connectivity index (χ3v) is 11.3. The molecule has 11 rings (SSSR count). The first kappa shape index (κ1) is 28.4. The Morgan fingerprint density at radius 3 is 1.33 bits per heavy atom. The first-order valence-corrected chi connectivity index (χ1v) is 17.6. The lowest BCUT2D eigenvalue weighted by Gasteiger charge is -2.25. The van der Waals surface area contributed by atoms with Crippen LogP contribution in [0.25, 0.3) is 104 Å². The fraction of sp³-hybridized carbons (Fsp3) is 0.0851. The number of nitrogens with zero attached hydrogens (tertiary/aromatic N) is 3. The fourth-order valence-corrected chi connectivity index (χ4v) is 9.19. The molecule has 0 aliphatic carbocycles.